The summed E-state index contributed by atoms with van der Waals surface area (Å²) in [5.41, 5.74) is 6.89. The van der Waals surface area contributed by atoms with Gasteiger partial charge in [0.2, 0.25) is 0 Å². The maximum Gasteiger partial charge on any atom is 0.128 e. The first-order chi connectivity index (χ1) is 6.89. The monoisotopic (exact) mass is 207 g/mol. The van der Waals surface area contributed by atoms with Gasteiger partial charge in [0.15, 0.2) is 0 Å². The van der Waals surface area contributed by atoms with Crippen molar-refractivity contribution in [3.05, 3.63) is 23.8 Å². The summed E-state index contributed by atoms with van der Waals surface area (Å²) in [7, 11) is 0. The Bertz CT molecular complexity index is 313. The van der Waals surface area contributed by atoms with E-state index in [2.05, 4.69) is 30.7 Å². The van der Waals surface area contributed by atoms with Gasteiger partial charge in [-0.2, -0.15) is 0 Å². The molecular formula is C12H21N3. The topological polar surface area (TPSA) is 51.8 Å². The summed E-state index contributed by atoms with van der Waals surface area (Å²) in [4.78, 5) is 8.81. The van der Waals surface area contributed by atoms with Gasteiger partial charge in [-0.05, 0) is 19.4 Å². The van der Waals surface area contributed by atoms with Crippen LogP contribution < -0.4 is 5.73 Å². The fourth-order valence-electron chi connectivity index (χ4n) is 1.29. The lowest BCUT2D eigenvalue weighted by atomic mass is 9.92. The SMILES string of the molecule is CC(N)CCc1nccc(C(C)(C)C)n1. The van der Waals surface area contributed by atoms with Crippen LogP contribution >= 0.6 is 0 Å². The minimum Gasteiger partial charge on any atom is -0.328 e. The highest BCUT2D eigenvalue weighted by Crippen LogP contribution is 2.19. The molecule has 1 rings (SSSR count). The van der Waals surface area contributed by atoms with Gasteiger partial charge in [-0.15, -0.1) is 0 Å². The number of aryl methyl sites for hydroxylation is 1. The van der Waals surface area contributed by atoms with Crippen molar-refractivity contribution in [3.63, 3.8) is 0 Å². The predicted molar refractivity (Wildman–Crippen MR) is 62.7 cm³/mol. The van der Waals surface area contributed by atoms with Gasteiger partial charge in [0.25, 0.3) is 0 Å². The highest BCUT2D eigenvalue weighted by molar-refractivity contribution is 5.12. The molecule has 0 aliphatic carbocycles. The molecule has 1 heterocycles. The molecule has 1 atom stereocenters. The highest BCUT2D eigenvalue weighted by Gasteiger charge is 2.15. The van der Waals surface area contributed by atoms with Gasteiger partial charge < -0.3 is 5.73 Å². The molecule has 0 spiro atoms. The molecule has 3 heteroatoms. The molecule has 0 radical (unpaired) electrons. The Morgan fingerprint density at radius 2 is 2.07 bits per heavy atom. The fourth-order valence-corrected chi connectivity index (χ4v) is 1.29. The van der Waals surface area contributed by atoms with Gasteiger partial charge >= 0.3 is 0 Å². The molecule has 0 aliphatic heterocycles. The van der Waals surface area contributed by atoms with Crippen molar-refractivity contribution in [2.24, 2.45) is 5.73 Å². The number of hydrogen-bond acceptors (Lipinski definition) is 3. The van der Waals surface area contributed by atoms with Crippen molar-refractivity contribution in [2.45, 2.75) is 52.0 Å². The van der Waals surface area contributed by atoms with Crippen LogP contribution in [0.25, 0.3) is 0 Å². The molecule has 84 valence electrons. The standard InChI is InChI=1S/C12H21N3/c1-9(13)5-6-11-14-8-7-10(15-11)12(2,3)4/h7-9H,5-6,13H2,1-4H3. The van der Waals surface area contributed by atoms with Crippen LogP contribution in [0.15, 0.2) is 12.3 Å². The molecule has 15 heavy (non-hydrogen) atoms. The van der Waals surface area contributed by atoms with Crippen LogP contribution in [0.2, 0.25) is 0 Å². The second kappa shape index (κ2) is 4.71. The molecule has 2 N–H and O–H groups in total. The van der Waals surface area contributed by atoms with Crippen LogP contribution in [-0.2, 0) is 11.8 Å². The maximum atomic E-state index is 5.71. The van der Waals surface area contributed by atoms with E-state index in [4.69, 9.17) is 5.73 Å². The lowest BCUT2D eigenvalue weighted by Gasteiger charge is -2.17. The molecule has 0 aliphatic rings. The van der Waals surface area contributed by atoms with E-state index in [1.807, 2.05) is 19.2 Å². The van der Waals surface area contributed by atoms with Crippen molar-refractivity contribution >= 4 is 0 Å². The van der Waals surface area contributed by atoms with Crippen LogP contribution in [0.4, 0.5) is 0 Å². The van der Waals surface area contributed by atoms with Crippen molar-refractivity contribution in [1.29, 1.82) is 0 Å². The van der Waals surface area contributed by atoms with Gasteiger partial charge in [0.05, 0.1) is 0 Å². The van der Waals surface area contributed by atoms with E-state index < -0.39 is 0 Å². The zero-order valence-electron chi connectivity index (χ0n) is 10.1. The molecule has 0 fully saturated rings. The van der Waals surface area contributed by atoms with Gasteiger partial charge in [0, 0.05) is 29.8 Å². The number of rotatable bonds is 3. The maximum absolute atomic E-state index is 5.71. The molecule has 0 bridgehead atoms. The first-order valence-electron chi connectivity index (χ1n) is 5.47. The zero-order chi connectivity index (χ0) is 11.5. The lowest BCUT2D eigenvalue weighted by molar-refractivity contribution is 0.557. The largest absolute Gasteiger partial charge is 0.328 e. The van der Waals surface area contributed by atoms with E-state index >= 15 is 0 Å². The average Bonchev–Trinajstić information content (AvgIpc) is 2.14. The van der Waals surface area contributed by atoms with Crippen LogP contribution in [0.3, 0.4) is 0 Å². The van der Waals surface area contributed by atoms with Gasteiger partial charge in [-0.3, -0.25) is 0 Å². The van der Waals surface area contributed by atoms with Crippen LogP contribution in [-0.4, -0.2) is 16.0 Å². The highest BCUT2D eigenvalue weighted by atomic mass is 14.9. The summed E-state index contributed by atoms with van der Waals surface area (Å²) in [5.74, 6) is 0.903. The summed E-state index contributed by atoms with van der Waals surface area (Å²) in [5, 5.41) is 0. The van der Waals surface area contributed by atoms with E-state index in [0.29, 0.717) is 0 Å². The average molecular weight is 207 g/mol. The van der Waals surface area contributed by atoms with Crippen LogP contribution in [0, 0.1) is 0 Å². The first kappa shape index (κ1) is 12.1. The van der Waals surface area contributed by atoms with Crippen molar-refractivity contribution in [1.82, 2.24) is 9.97 Å². The third-order valence-corrected chi connectivity index (χ3v) is 2.30. The minimum absolute atomic E-state index is 0.0893. The van der Waals surface area contributed by atoms with E-state index in [9.17, 15) is 0 Å². The Kier molecular flexibility index (Phi) is 3.80. The Morgan fingerprint density at radius 1 is 1.40 bits per heavy atom. The summed E-state index contributed by atoms with van der Waals surface area (Å²) >= 11 is 0. The third-order valence-electron chi connectivity index (χ3n) is 2.30. The lowest BCUT2D eigenvalue weighted by Crippen LogP contribution is -2.18. The quantitative estimate of drug-likeness (QED) is 0.825. The molecule has 0 saturated carbocycles. The molecule has 1 aromatic rings. The van der Waals surface area contributed by atoms with Crippen molar-refractivity contribution in [3.8, 4) is 0 Å². The van der Waals surface area contributed by atoms with E-state index in [0.717, 1.165) is 24.4 Å². The molecule has 0 saturated heterocycles. The molecule has 1 unspecified atom stereocenters. The summed E-state index contributed by atoms with van der Waals surface area (Å²) in [6.07, 6.45) is 3.64. The van der Waals surface area contributed by atoms with Crippen LogP contribution in [0.1, 0.15) is 45.6 Å². The predicted octanol–water partition coefficient (Wildman–Crippen LogP) is 2.05. The normalized spacial score (nSPS) is 13.9. The van der Waals surface area contributed by atoms with Gasteiger partial charge in [-0.1, -0.05) is 20.8 Å². The number of hydrogen-bond donors (Lipinski definition) is 1. The Labute approximate surface area is 92.1 Å². The first-order valence-corrected chi connectivity index (χ1v) is 5.47. The fraction of sp³-hybridized carbons (Fsp3) is 0.667. The smallest absolute Gasteiger partial charge is 0.128 e. The molecule has 0 aromatic carbocycles. The van der Waals surface area contributed by atoms with Gasteiger partial charge in [-0.25, -0.2) is 9.97 Å². The Balaban J connectivity index is 2.75. The Morgan fingerprint density at radius 3 is 2.60 bits per heavy atom. The summed E-state index contributed by atoms with van der Waals surface area (Å²) in [6, 6.07) is 2.20. The molecule has 0 amide bonds. The number of aromatic nitrogens is 2. The van der Waals surface area contributed by atoms with Gasteiger partial charge in [0.1, 0.15) is 5.82 Å². The number of nitrogens with zero attached hydrogens (tertiary/aromatic N) is 2. The summed E-state index contributed by atoms with van der Waals surface area (Å²) < 4.78 is 0. The zero-order valence-corrected chi connectivity index (χ0v) is 10.1. The second-order valence-electron chi connectivity index (χ2n) is 5.12. The van der Waals surface area contributed by atoms with E-state index in [-0.39, 0.29) is 11.5 Å². The van der Waals surface area contributed by atoms with Crippen molar-refractivity contribution < 1.29 is 0 Å². The molecule has 3 nitrogen and oxygen atoms in total. The molecular weight excluding hydrogens is 186 g/mol. The van der Waals surface area contributed by atoms with E-state index in [1.54, 1.807) is 0 Å². The van der Waals surface area contributed by atoms with Crippen LogP contribution in [0.5, 0.6) is 0 Å². The number of nitrogens with two attached hydrogens (primary N) is 1. The van der Waals surface area contributed by atoms with Crippen molar-refractivity contribution in [2.75, 3.05) is 0 Å². The Hall–Kier alpha value is -0.960. The third kappa shape index (κ3) is 3.96. The molecule has 1 aromatic heterocycles. The summed E-state index contributed by atoms with van der Waals surface area (Å²) in [6.45, 7) is 8.48. The minimum atomic E-state index is 0.0893. The van der Waals surface area contributed by atoms with E-state index in [1.165, 1.54) is 0 Å². The second-order valence-corrected chi connectivity index (χ2v) is 5.12.